The second-order valence-electron chi connectivity index (χ2n) is 4.42. The molecule has 0 aliphatic rings. The molecular formula is C15H14ClNS. The molecule has 0 bridgehead atoms. The Bertz CT molecular complexity index is 691. The van der Waals surface area contributed by atoms with Gasteiger partial charge in [0.15, 0.2) is 0 Å². The fourth-order valence-electron chi connectivity index (χ4n) is 2.42. The van der Waals surface area contributed by atoms with Crippen LogP contribution in [0.25, 0.3) is 16.0 Å². The summed E-state index contributed by atoms with van der Waals surface area (Å²) in [7, 11) is 0. The van der Waals surface area contributed by atoms with Crippen LogP contribution in [-0.4, -0.2) is 4.40 Å². The summed E-state index contributed by atoms with van der Waals surface area (Å²) in [4.78, 5) is 1.31. The third-order valence-electron chi connectivity index (χ3n) is 3.26. The molecule has 18 heavy (non-hydrogen) atoms. The Morgan fingerprint density at radius 3 is 2.61 bits per heavy atom. The molecule has 0 atom stereocenters. The minimum Gasteiger partial charge on any atom is -0.308 e. The van der Waals surface area contributed by atoms with Crippen molar-refractivity contribution in [2.45, 2.75) is 20.3 Å². The van der Waals surface area contributed by atoms with Crippen molar-refractivity contribution in [1.29, 1.82) is 0 Å². The van der Waals surface area contributed by atoms with Gasteiger partial charge in [0, 0.05) is 27.4 Å². The lowest BCUT2D eigenvalue weighted by atomic mass is 10.1. The van der Waals surface area contributed by atoms with Crippen molar-refractivity contribution in [3.8, 4) is 11.1 Å². The molecule has 0 saturated heterocycles. The van der Waals surface area contributed by atoms with Crippen LogP contribution in [0.3, 0.4) is 0 Å². The van der Waals surface area contributed by atoms with Crippen LogP contribution >= 0.6 is 22.9 Å². The largest absolute Gasteiger partial charge is 0.308 e. The molecule has 1 aromatic carbocycles. The van der Waals surface area contributed by atoms with Crippen LogP contribution in [0.1, 0.15) is 18.3 Å². The molecule has 0 amide bonds. The number of aromatic nitrogens is 1. The molecule has 2 aromatic heterocycles. The van der Waals surface area contributed by atoms with E-state index in [4.69, 9.17) is 11.6 Å². The molecular weight excluding hydrogens is 262 g/mol. The van der Waals surface area contributed by atoms with Gasteiger partial charge in [-0.15, -0.1) is 11.3 Å². The molecule has 92 valence electrons. The molecule has 3 aromatic rings. The Labute approximate surface area is 116 Å². The van der Waals surface area contributed by atoms with Crippen molar-refractivity contribution in [2.75, 3.05) is 0 Å². The maximum atomic E-state index is 5.95. The van der Waals surface area contributed by atoms with Crippen LogP contribution in [0.15, 0.2) is 35.7 Å². The summed E-state index contributed by atoms with van der Waals surface area (Å²) in [5.41, 5.74) is 5.26. The van der Waals surface area contributed by atoms with Crippen molar-refractivity contribution in [3.63, 3.8) is 0 Å². The maximum absolute atomic E-state index is 5.95. The first-order valence-electron chi connectivity index (χ1n) is 6.05. The fourth-order valence-corrected chi connectivity index (χ4v) is 3.49. The Kier molecular flexibility index (Phi) is 2.92. The third kappa shape index (κ3) is 1.76. The first-order chi connectivity index (χ1) is 8.70. The molecule has 0 radical (unpaired) electrons. The summed E-state index contributed by atoms with van der Waals surface area (Å²) in [5, 5.41) is 2.99. The number of benzene rings is 1. The van der Waals surface area contributed by atoms with Gasteiger partial charge >= 0.3 is 0 Å². The fraction of sp³-hybridized carbons (Fsp3) is 0.200. The molecule has 0 N–H and O–H groups in total. The summed E-state index contributed by atoms with van der Waals surface area (Å²) in [6, 6.07) is 10.4. The number of rotatable bonds is 2. The van der Waals surface area contributed by atoms with Crippen LogP contribution in [-0.2, 0) is 6.42 Å². The van der Waals surface area contributed by atoms with Crippen LogP contribution in [0.4, 0.5) is 0 Å². The van der Waals surface area contributed by atoms with Gasteiger partial charge in [-0.1, -0.05) is 30.7 Å². The minimum atomic E-state index is 0.786. The van der Waals surface area contributed by atoms with Gasteiger partial charge in [0.25, 0.3) is 0 Å². The highest BCUT2D eigenvalue weighted by molar-refractivity contribution is 7.15. The molecule has 3 heteroatoms. The molecule has 1 nitrogen and oxygen atoms in total. The number of hydrogen-bond donors (Lipinski definition) is 0. The van der Waals surface area contributed by atoms with Gasteiger partial charge in [-0.25, -0.2) is 0 Å². The zero-order valence-corrected chi connectivity index (χ0v) is 12.0. The van der Waals surface area contributed by atoms with Crippen LogP contribution < -0.4 is 0 Å². The van der Waals surface area contributed by atoms with Gasteiger partial charge in [-0.2, -0.15) is 0 Å². The second-order valence-corrected chi connectivity index (χ2v) is 5.74. The van der Waals surface area contributed by atoms with Crippen molar-refractivity contribution in [3.05, 3.63) is 52.1 Å². The average molecular weight is 276 g/mol. The normalized spacial score (nSPS) is 11.3. The predicted octanol–water partition coefficient (Wildman–Crippen LogP) is 5.19. The van der Waals surface area contributed by atoms with Crippen LogP contribution in [0.2, 0.25) is 5.02 Å². The summed E-state index contributed by atoms with van der Waals surface area (Å²) < 4.78 is 2.36. The zero-order chi connectivity index (χ0) is 12.7. The van der Waals surface area contributed by atoms with Crippen molar-refractivity contribution < 1.29 is 0 Å². The van der Waals surface area contributed by atoms with Crippen LogP contribution in [0.5, 0.6) is 0 Å². The number of fused-ring (bicyclic) bond motifs is 1. The van der Waals surface area contributed by atoms with Crippen LogP contribution in [0, 0.1) is 6.92 Å². The maximum Gasteiger partial charge on any atom is 0.100 e. The van der Waals surface area contributed by atoms with E-state index < -0.39 is 0 Å². The highest BCUT2D eigenvalue weighted by Gasteiger charge is 2.13. The van der Waals surface area contributed by atoms with E-state index in [0.717, 1.165) is 11.4 Å². The highest BCUT2D eigenvalue weighted by Crippen LogP contribution is 2.32. The molecule has 2 heterocycles. The van der Waals surface area contributed by atoms with E-state index >= 15 is 0 Å². The standard InChI is InChI=1S/C15H14ClNS/c1-3-14-13(11-4-6-12(16)7-5-11)8-15-17(14)10(2)9-18-15/h4-9H,3H2,1-2H3. The number of halogens is 1. The molecule has 0 spiro atoms. The molecule has 0 aliphatic heterocycles. The second kappa shape index (κ2) is 4.45. The van der Waals surface area contributed by atoms with Gasteiger partial charge in [0.05, 0.1) is 0 Å². The molecule has 0 saturated carbocycles. The molecule has 3 rings (SSSR count). The van der Waals surface area contributed by atoms with E-state index in [2.05, 4.69) is 41.8 Å². The smallest absolute Gasteiger partial charge is 0.100 e. The number of nitrogens with zero attached hydrogens (tertiary/aromatic N) is 1. The lowest BCUT2D eigenvalue weighted by Crippen LogP contribution is -1.92. The van der Waals surface area contributed by atoms with E-state index in [9.17, 15) is 0 Å². The van der Waals surface area contributed by atoms with E-state index in [1.807, 2.05) is 12.1 Å². The van der Waals surface area contributed by atoms with E-state index in [-0.39, 0.29) is 0 Å². The Balaban J connectivity index is 2.25. The van der Waals surface area contributed by atoms with Gasteiger partial charge in [0.2, 0.25) is 0 Å². The quantitative estimate of drug-likeness (QED) is 0.606. The van der Waals surface area contributed by atoms with Gasteiger partial charge in [0.1, 0.15) is 4.83 Å². The number of thiazole rings is 1. The summed E-state index contributed by atoms with van der Waals surface area (Å²) >= 11 is 7.75. The van der Waals surface area contributed by atoms with Gasteiger partial charge < -0.3 is 4.40 Å². The monoisotopic (exact) mass is 275 g/mol. The molecule has 0 aliphatic carbocycles. The lowest BCUT2D eigenvalue weighted by Gasteiger charge is -2.04. The van der Waals surface area contributed by atoms with E-state index in [1.54, 1.807) is 11.3 Å². The number of aryl methyl sites for hydroxylation is 2. The minimum absolute atomic E-state index is 0.786. The van der Waals surface area contributed by atoms with E-state index in [0.29, 0.717) is 0 Å². The summed E-state index contributed by atoms with van der Waals surface area (Å²) in [6.45, 7) is 4.37. The zero-order valence-electron chi connectivity index (χ0n) is 10.4. The molecule has 0 fully saturated rings. The lowest BCUT2D eigenvalue weighted by molar-refractivity contribution is 0.977. The Hall–Kier alpha value is -1.25. The SMILES string of the molecule is CCc1c(-c2ccc(Cl)cc2)cc2scc(C)n12. The highest BCUT2D eigenvalue weighted by atomic mass is 35.5. The van der Waals surface area contributed by atoms with Gasteiger partial charge in [-0.05, 0) is 37.1 Å². The predicted molar refractivity (Wildman–Crippen MR) is 79.8 cm³/mol. The van der Waals surface area contributed by atoms with E-state index in [1.165, 1.54) is 27.3 Å². The Morgan fingerprint density at radius 1 is 1.22 bits per heavy atom. The molecule has 0 unspecified atom stereocenters. The average Bonchev–Trinajstić information content (AvgIpc) is 2.91. The van der Waals surface area contributed by atoms with Crippen molar-refractivity contribution >= 4 is 27.8 Å². The Morgan fingerprint density at radius 2 is 1.94 bits per heavy atom. The first kappa shape index (κ1) is 11.8. The first-order valence-corrected chi connectivity index (χ1v) is 7.31. The summed E-state index contributed by atoms with van der Waals surface area (Å²) in [6.07, 6.45) is 1.03. The number of hydrogen-bond acceptors (Lipinski definition) is 1. The van der Waals surface area contributed by atoms with Crippen molar-refractivity contribution in [1.82, 2.24) is 4.40 Å². The van der Waals surface area contributed by atoms with Gasteiger partial charge in [-0.3, -0.25) is 0 Å². The van der Waals surface area contributed by atoms with Crippen molar-refractivity contribution in [2.24, 2.45) is 0 Å². The summed E-state index contributed by atoms with van der Waals surface area (Å²) in [5.74, 6) is 0. The third-order valence-corrected chi connectivity index (χ3v) is 4.51. The topological polar surface area (TPSA) is 4.41 Å².